The molecule has 0 aliphatic carbocycles. The number of rotatable bonds is 2. The summed E-state index contributed by atoms with van der Waals surface area (Å²) in [5.41, 5.74) is -3.32. The number of alkyl halides is 3. The van der Waals surface area contributed by atoms with Gasteiger partial charge in [0.1, 0.15) is 0 Å². The molecule has 0 spiro atoms. The van der Waals surface area contributed by atoms with Crippen molar-refractivity contribution in [1.29, 1.82) is 0 Å². The first-order chi connectivity index (χ1) is 4.73. The molecule has 0 heterocycles. The van der Waals surface area contributed by atoms with Gasteiger partial charge in [-0.05, 0) is 12.5 Å². The Bertz CT molecular complexity index is 179. The fourth-order valence-corrected chi connectivity index (χ4v) is 0.381. The van der Waals surface area contributed by atoms with Gasteiger partial charge in [0.2, 0.25) is 0 Å². The molecule has 0 aromatic rings. The minimum absolute atomic E-state index is 0.454. The maximum atomic E-state index is 11.9. The molecule has 11 heavy (non-hydrogen) atoms. The summed E-state index contributed by atoms with van der Waals surface area (Å²) >= 11 is 0. The predicted octanol–water partition coefficient (Wildman–Crippen LogP) is 2.04. The Labute approximate surface area is 62.8 Å². The van der Waals surface area contributed by atoms with Crippen LogP contribution in [0.2, 0.25) is 0 Å². The maximum absolute atomic E-state index is 11.9. The van der Waals surface area contributed by atoms with Crippen LogP contribution in [-0.4, -0.2) is 16.9 Å². The van der Waals surface area contributed by atoms with E-state index in [1.54, 1.807) is 0 Å². The average Bonchev–Trinajstić information content (AvgIpc) is 1.83. The van der Waals surface area contributed by atoms with Crippen molar-refractivity contribution in [2.75, 3.05) is 0 Å². The van der Waals surface area contributed by atoms with E-state index < -0.39 is 17.4 Å². The molecule has 0 aliphatic rings. The van der Waals surface area contributed by atoms with E-state index in [1.807, 2.05) is 0 Å². The Kier molecular flexibility index (Phi) is 2.51. The van der Waals surface area contributed by atoms with Crippen LogP contribution in [0.5, 0.6) is 0 Å². The van der Waals surface area contributed by atoms with Crippen molar-refractivity contribution in [3.63, 3.8) is 0 Å². The third kappa shape index (κ3) is 1.83. The quantitative estimate of drug-likeness (QED) is 0.622. The first-order valence-electron chi connectivity index (χ1n) is 2.84. The van der Waals surface area contributed by atoms with Crippen LogP contribution in [-0.2, 0) is 0 Å². The summed E-state index contributed by atoms with van der Waals surface area (Å²) in [6.45, 7) is 6.74. The lowest BCUT2D eigenvalue weighted by molar-refractivity contribution is -0.235. The molecule has 64 valence electrons. The molecule has 1 N–H and O–H groups in total. The van der Waals surface area contributed by atoms with Crippen LogP contribution >= 0.6 is 0 Å². The zero-order valence-electron chi connectivity index (χ0n) is 6.07. The van der Waals surface area contributed by atoms with Gasteiger partial charge in [0.15, 0.2) is 5.60 Å². The van der Waals surface area contributed by atoms with Gasteiger partial charge in [0.25, 0.3) is 0 Å². The van der Waals surface area contributed by atoms with Gasteiger partial charge in [-0.2, -0.15) is 13.2 Å². The smallest absolute Gasteiger partial charge is 0.376 e. The second-order valence-corrected chi connectivity index (χ2v) is 2.30. The second kappa shape index (κ2) is 2.70. The summed E-state index contributed by atoms with van der Waals surface area (Å²) in [5, 5.41) is 8.82. The molecule has 4 heteroatoms. The van der Waals surface area contributed by atoms with Crippen LogP contribution in [0.4, 0.5) is 13.2 Å². The van der Waals surface area contributed by atoms with Crippen molar-refractivity contribution in [1.82, 2.24) is 0 Å². The lowest BCUT2D eigenvalue weighted by Crippen LogP contribution is -2.43. The highest BCUT2D eigenvalue weighted by Crippen LogP contribution is 2.35. The van der Waals surface area contributed by atoms with Crippen LogP contribution < -0.4 is 0 Å². The molecule has 1 nitrogen and oxygen atoms in total. The molecule has 0 bridgehead atoms. The molecule has 0 amide bonds. The molecule has 0 saturated carbocycles. The molecule has 0 aliphatic heterocycles. The molecule has 0 aromatic heterocycles. The molecule has 0 fully saturated rings. The van der Waals surface area contributed by atoms with Crippen LogP contribution in [0.15, 0.2) is 24.8 Å². The number of aliphatic hydroxyl groups is 1. The number of halogens is 3. The highest BCUT2D eigenvalue weighted by molar-refractivity contribution is 5.24. The van der Waals surface area contributed by atoms with Crippen molar-refractivity contribution in [3.05, 3.63) is 24.8 Å². The molecule has 1 atom stereocenters. The Morgan fingerprint density at radius 1 is 1.45 bits per heavy atom. The van der Waals surface area contributed by atoms with Crippen molar-refractivity contribution < 1.29 is 18.3 Å². The monoisotopic (exact) mass is 166 g/mol. The third-order valence-electron chi connectivity index (χ3n) is 1.42. The Hall–Kier alpha value is -0.770. The second-order valence-electron chi connectivity index (χ2n) is 2.30. The lowest BCUT2D eigenvalue weighted by atomic mass is 9.97. The van der Waals surface area contributed by atoms with E-state index in [-0.39, 0.29) is 0 Å². The maximum Gasteiger partial charge on any atom is 0.421 e. The number of hydrogen-bond donors (Lipinski definition) is 1. The lowest BCUT2D eigenvalue weighted by Gasteiger charge is -2.26. The van der Waals surface area contributed by atoms with E-state index in [9.17, 15) is 13.2 Å². The van der Waals surface area contributed by atoms with E-state index in [1.165, 1.54) is 0 Å². The van der Waals surface area contributed by atoms with Crippen LogP contribution in [0, 0.1) is 0 Å². The standard InChI is InChI=1S/C7H9F3O/c1-4-5(2)6(3,11)7(8,9)10/h4,11H,1-2H2,3H3. The fraction of sp³-hybridized carbons (Fsp3) is 0.429. The van der Waals surface area contributed by atoms with Gasteiger partial charge in [0, 0.05) is 0 Å². The van der Waals surface area contributed by atoms with E-state index in [0.29, 0.717) is 6.92 Å². The van der Waals surface area contributed by atoms with Crippen molar-refractivity contribution in [3.8, 4) is 0 Å². The zero-order valence-corrected chi connectivity index (χ0v) is 6.07. The molecule has 0 radical (unpaired) electrons. The zero-order chi connectivity index (χ0) is 9.28. The van der Waals surface area contributed by atoms with Crippen molar-refractivity contribution in [2.45, 2.75) is 18.7 Å². The Morgan fingerprint density at radius 3 is 1.91 bits per heavy atom. The molecular formula is C7H9F3O. The van der Waals surface area contributed by atoms with Gasteiger partial charge in [-0.1, -0.05) is 19.2 Å². The van der Waals surface area contributed by atoms with Crippen molar-refractivity contribution in [2.24, 2.45) is 0 Å². The minimum Gasteiger partial charge on any atom is -0.376 e. The summed E-state index contributed by atoms with van der Waals surface area (Å²) in [7, 11) is 0. The average molecular weight is 166 g/mol. The van der Waals surface area contributed by atoms with Gasteiger partial charge in [-0.15, -0.1) is 0 Å². The molecule has 0 rings (SSSR count). The minimum atomic E-state index is -4.70. The Morgan fingerprint density at radius 2 is 1.82 bits per heavy atom. The SMILES string of the molecule is C=CC(=C)C(C)(O)C(F)(F)F. The fourth-order valence-electron chi connectivity index (χ4n) is 0.381. The van der Waals surface area contributed by atoms with E-state index in [4.69, 9.17) is 5.11 Å². The van der Waals surface area contributed by atoms with Crippen LogP contribution in [0.25, 0.3) is 0 Å². The predicted molar refractivity (Wildman–Crippen MR) is 36.0 cm³/mol. The molecule has 0 aromatic carbocycles. The van der Waals surface area contributed by atoms with E-state index in [0.717, 1.165) is 6.08 Å². The van der Waals surface area contributed by atoms with Crippen LogP contribution in [0.1, 0.15) is 6.92 Å². The molecule has 0 saturated heterocycles. The summed E-state index contributed by atoms with van der Waals surface area (Å²) < 4.78 is 35.7. The topological polar surface area (TPSA) is 20.2 Å². The summed E-state index contributed by atoms with van der Waals surface area (Å²) in [4.78, 5) is 0. The van der Waals surface area contributed by atoms with Gasteiger partial charge < -0.3 is 5.11 Å². The van der Waals surface area contributed by atoms with Crippen molar-refractivity contribution >= 4 is 0 Å². The third-order valence-corrected chi connectivity index (χ3v) is 1.42. The highest BCUT2D eigenvalue weighted by atomic mass is 19.4. The summed E-state index contributed by atoms with van der Waals surface area (Å²) in [5.74, 6) is 0. The van der Waals surface area contributed by atoms with Gasteiger partial charge in [-0.25, -0.2) is 0 Å². The van der Waals surface area contributed by atoms with Gasteiger partial charge in [0.05, 0.1) is 0 Å². The van der Waals surface area contributed by atoms with Crippen LogP contribution in [0.3, 0.4) is 0 Å². The van der Waals surface area contributed by atoms with Gasteiger partial charge in [-0.3, -0.25) is 0 Å². The Balaban J connectivity index is 4.73. The number of hydrogen-bond acceptors (Lipinski definition) is 1. The van der Waals surface area contributed by atoms with E-state index >= 15 is 0 Å². The highest BCUT2D eigenvalue weighted by Gasteiger charge is 2.50. The molecular weight excluding hydrogens is 157 g/mol. The summed E-state index contributed by atoms with van der Waals surface area (Å²) in [6, 6.07) is 0. The summed E-state index contributed by atoms with van der Waals surface area (Å²) in [6.07, 6.45) is -3.81. The molecule has 1 unspecified atom stereocenters. The van der Waals surface area contributed by atoms with Gasteiger partial charge >= 0.3 is 6.18 Å². The first kappa shape index (κ1) is 10.2. The first-order valence-corrected chi connectivity index (χ1v) is 2.84. The largest absolute Gasteiger partial charge is 0.421 e. The van der Waals surface area contributed by atoms with E-state index in [2.05, 4.69) is 13.2 Å². The normalized spacial score (nSPS) is 17.2.